The van der Waals surface area contributed by atoms with Crippen molar-refractivity contribution in [2.75, 3.05) is 0 Å². The van der Waals surface area contributed by atoms with Crippen molar-refractivity contribution in [2.45, 2.75) is 0 Å². The van der Waals surface area contributed by atoms with Crippen LogP contribution in [-0.2, 0) is 0 Å². The minimum Gasteiger partial charge on any atom is -0.508 e. The van der Waals surface area contributed by atoms with E-state index in [9.17, 15) is 10.2 Å². The maximum absolute atomic E-state index is 10.1. The van der Waals surface area contributed by atoms with Crippen LogP contribution in [0.3, 0.4) is 0 Å². The lowest BCUT2D eigenvalue weighted by molar-refractivity contribution is 0.475. The summed E-state index contributed by atoms with van der Waals surface area (Å²) in [6.07, 6.45) is 2.84. The molecule has 0 saturated heterocycles. The predicted molar refractivity (Wildman–Crippen MR) is 83.1 cm³/mol. The Morgan fingerprint density at radius 3 is 2.74 bits per heavy atom. The second-order valence-electron chi connectivity index (χ2n) is 4.84. The van der Waals surface area contributed by atoms with Crippen LogP contribution >= 0.6 is 0 Å². The fraction of sp³-hybridized carbons (Fsp3) is 0. The Labute approximate surface area is 129 Å². The predicted octanol–water partition coefficient (Wildman–Crippen LogP) is 3.33. The average Bonchev–Trinajstić information content (AvgIpc) is 3.03. The van der Waals surface area contributed by atoms with Gasteiger partial charge in [-0.1, -0.05) is 12.1 Å². The molecule has 0 aliphatic rings. The Morgan fingerprint density at radius 2 is 1.83 bits per heavy atom. The maximum Gasteiger partial charge on any atom is 0.205 e. The number of phenols is 2. The molecule has 0 unspecified atom stereocenters. The number of hydrogen-bond donors (Lipinski definition) is 3. The van der Waals surface area contributed by atoms with Crippen molar-refractivity contribution in [2.24, 2.45) is 10.2 Å². The molecule has 0 bridgehead atoms. The van der Waals surface area contributed by atoms with E-state index in [4.69, 9.17) is 0 Å². The second kappa shape index (κ2) is 5.02. The maximum atomic E-state index is 10.1. The molecule has 3 N–H and O–H groups in total. The van der Waals surface area contributed by atoms with Gasteiger partial charge in [0.05, 0.1) is 6.33 Å². The zero-order valence-corrected chi connectivity index (χ0v) is 11.7. The molecule has 2 heterocycles. The van der Waals surface area contributed by atoms with E-state index in [2.05, 4.69) is 30.2 Å². The van der Waals surface area contributed by atoms with Gasteiger partial charge in [-0.3, -0.25) is 0 Å². The molecule has 4 aromatic rings. The number of aromatic hydroxyl groups is 2. The quantitative estimate of drug-likeness (QED) is 0.491. The van der Waals surface area contributed by atoms with Crippen LogP contribution in [0.2, 0.25) is 0 Å². The van der Waals surface area contributed by atoms with Crippen molar-refractivity contribution in [1.82, 2.24) is 19.9 Å². The van der Waals surface area contributed by atoms with E-state index in [-0.39, 0.29) is 23.0 Å². The highest BCUT2D eigenvalue weighted by Gasteiger charge is 2.09. The van der Waals surface area contributed by atoms with Gasteiger partial charge in [0.1, 0.15) is 23.5 Å². The highest BCUT2D eigenvalue weighted by Crippen LogP contribution is 2.37. The molecule has 0 fully saturated rings. The number of aromatic nitrogens is 4. The lowest BCUT2D eigenvalue weighted by atomic mass is 10.1. The van der Waals surface area contributed by atoms with Crippen molar-refractivity contribution in [1.29, 1.82) is 0 Å². The third kappa shape index (κ3) is 2.22. The number of nitrogens with zero attached hydrogens (tertiary/aromatic N) is 5. The molecule has 0 saturated carbocycles. The number of hydrogen-bond acceptors (Lipinski definition) is 7. The van der Waals surface area contributed by atoms with Gasteiger partial charge < -0.3 is 15.2 Å². The van der Waals surface area contributed by atoms with E-state index in [1.807, 2.05) is 0 Å². The van der Waals surface area contributed by atoms with Crippen LogP contribution in [0.25, 0.3) is 21.9 Å². The standard InChI is InChI=1S/C15H10N6O2/c22-9-3-1-8-2-4-11(23)12(10(8)5-9)20-21-15-13-14(17-6-16-13)18-7-19-15/h1-7,22-23H,(H,16,17,18,19)/b21-20+. The molecule has 23 heavy (non-hydrogen) atoms. The molecule has 0 aliphatic heterocycles. The first-order valence-corrected chi connectivity index (χ1v) is 6.73. The number of fused-ring (bicyclic) bond motifs is 2. The van der Waals surface area contributed by atoms with Gasteiger partial charge in [-0.05, 0) is 23.6 Å². The highest BCUT2D eigenvalue weighted by atomic mass is 16.3. The van der Waals surface area contributed by atoms with Crippen LogP contribution in [0.4, 0.5) is 11.5 Å². The first-order valence-electron chi connectivity index (χ1n) is 6.73. The van der Waals surface area contributed by atoms with Crippen LogP contribution in [0, 0.1) is 0 Å². The van der Waals surface area contributed by atoms with Gasteiger partial charge in [-0.25, -0.2) is 15.0 Å². The molecule has 0 aliphatic carbocycles. The van der Waals surface area contributed by atoms with Gasteiger partial charge in [0, 0.05) is 5.39 Å². The lowest BCUT2D eigenvalue weighted by Crippen LogP contribution is -1.81. The van der Waals surface area contributed by atoms with Crippen LogP contribution < -0.4 is 0 Å². The molecular formula is C15H10N6O2. The molecule has 0 radical (unpaired) electrons. The smallest absolute Gasteiger partial charge is 0.205 e. The number of rotatable bonds is 2. The van der Waals surface area contributed by atoms with Crippen molar-refractivity contribution in [3.05, 3.63) is 43.0 Å². The summed E-state index contributed by atoms with van der Waals surface area (Å²) < 4.78 is 0. The summed E-state index contributed by atoms with van der Waals surface area (Å²) in [5.41, 5.74) is 1.29. The molecule has 2 aromatic carbocycles. The number of benzene rings is 2. The Balaban J connectivity index is 1.88. The Bertz CT molecular complexity index is 1050. The summed E-state index contributed by atoms with van der Waals surface area (Å²) in [5, 5.41) is 29.3. The number of phenolic OH excluding ortho intramolecular Hbond substituents is 2. The zero-order valence-electron chi connectivity index (χ0n) is 11.7. The minimum atomic E-state index is -0.0424. The van der Waals surface area contributed by atoms with Gasteiger partial charge in [0.25, 0.3) is 0 Å². The van der Waals surface area contributed by atoms with Crippen LogP contribution in [0.5, 0.6) is 11.5 Å². The van der Waals surface area contributed by atoms with E-state index in [0.717, 1.165) is 5.39 Å². The number of aromatic amines is 1. The first-order chi connectivity index (χ1) is 11.2. The summed E-state index contributed by atoms with van der Waals surface area (Å²) in [5.74, 6) is 0.322. The summed E-state index contributed by atoms with van der Waals surface area (Å²) in [4.78, 5) is 15.0. The van der Waals surface area contributed by atoms with Gasteiger partial charge in [-0.15, -0.1) is 10.2 Å². The summed E-state index contributed by atoms with van der Waals surface area (Å²) in [6, 6.07) is 8.09. The third-order valence-electron chi connectivity index (χ3n) is 3.40. The summed E-state index contributed by atoms with van der Waals surface area (Å²) in [7, 11) is 0. The van der Waals surface area contributed by atoms with Crippen molar-refractivity contribution < 1.29 is 10.2 Å². The number of imidazole rings is 1. The summed E-state index contributed by atoms with van der Waals surface area (Å²) >= 11 is 0. The normalized spacial score (nSPS) is 11.7. The monoisotopic (exact) mass is 306 g/mol. The first kappa shape index (κ1) is 13.1. The topological polar surface area (TPSA) is 120 Å². The fourth-order valence-corrected chi connectivity index (χ4v) is 2.31. The van der Waals surface area contributed by atoms with Crippen molar-refractivity contribution in [3.8, 4) is 11.5 Å². The minimum absolute atomic E-state index is 0.0424. The van der Waals surface area contributed by atoms with E-state index >= 15 is 0 Å². The molecular weight excluding hydrogens is 296 g/mol. The third-order valence-corrected chi connectivity index (χ3v) is 3.40. The van der Waals surface area contributed by atoms with E-state index in [0.29, 0.717) is 16.6 Å². The Kier molecular flexibility index (Phi) is 2.87. The van der Waals surface area contributed by atoms with Crippen LogP contribution in [0.1, 0.15) is 0 Å². The van der Waals surface area contributed by atoms with Crippen molar-refractivity contribution in [3.63, 3.8) is 0 Å². The molecule has 2 aromatic heterocycles. The van der Waals surface area contributed by atoms with Crippen molar-refractivity contribution >= 4 is 33.4 Å². The van der Waals surface area contributed by atoms with Crippen LogP contribution in [-0.4, -0.2) is 30.1 Å². The molecule has 0 atom stereocenters. The zero-order chi connectivity index (χ0) is 15.8. The lowest BCUT2D eigenvalue weighted by Gasteiger charge is -2.04. The number of nitrogens with one attached hydrogen (secondary N) is 1. The van der Waals surface area contributed by atoms with E-state index < -0.39 is 0 Å². The summed E-state index contributed by atoms with van der Waals surface area (Å²) in [6.45, 7) is 0. The molecule has 4 rings (SSSR count). The van der Waals surface area contributed by atoms with Gasteiger partial charge >= 0.3 is 0 Å². The highest BCUT2D eigenvalue weighted by molar-refractivity contribution is 5.96. The Hall–Kier alpha value is -3.55. The van der Waals surface area contributed by atoms with Gasteiger partial charge in [0.15, 0.2) is 11.2 Å². The number of H-pyrrole nitrogens is 1. The van der Waals surface area contributed by atoms with E-state index in [1.165, 1.54) is 24.8 Å². The average molecular weight is 306 g/mol. The molecule has 0 amide bonds. The fourth-order valence-electron chi connectivity index (χ4n) is 2.31. The van der Waals surface area contributed by atoms with Gasteiger partial charge in [0.2, 0.25) is 5.82 Å². The molecule has 8 heteroatoms. The van der Waals surface area contributed by atoms with Crippen LogP contribution in [0.15, 0.2) is 53.2 Å². The molecule has 8 nitrogen and oxygen atoms in total. The SMILES string of the molecule is Oc1ccc2ccc(O)c(/N=N/c3ncnc4[nH]cnc34)c2c1. The number of azo groups is 1. The molecule has 112 valence electrons. The Morgan fingerprint density at radius 1 is 0.957 bits per heavy atom. The largest absolute Gasteiger partial charge is 0.508 e. The van der Waals surface area contributed by atoms with E-state index in [1.54, 1.807) is 18.2 Å². The molecule has 0 spiro atoms. The second-order valence-corrected chi connectivity index (χ2v) is 4.84. The van der Waals surface area contributed by atoms with Gasteiger partial charge in [-0.2, -0.15) is 0 Å².